The van der Waals surface area contributed by atoms with Crippen LogP contribution in [0.15, 0.2) is 413 Å². The van der Waals surface area contributed by atoms with Crippen LogP contribution in [0.4, 0.5) is 0 Å². The van der Waals surface area contributed by atoms with E-state index in [2.05, 4.69) is 431 Å². The number of rotatable bonds is 10. The number of benzene rings is 18. The molecule has 22 aromatic rings. The van der Waals surface area contributed by atoms with Gasteiger partial charge in [0.25, 0.3) is 0 Å². The summed E-state index contributed by atoms with van der Waals surface area (Å²) in [6, 6.07) is 151. The Morgan fingerprint density at radius 2 is 0.435 bits per heavy atom. The number of hydrogen-bond acceptors (Lipinski definition) is 0. The molecule has 0 radical (unpaired) electrons. The Morgan fingerprint density at radius 3 is 0.917 bits per heavy atom. The second-order valence-corrected chi connectivity index (χ2v) is 28.3. The molecule has 0 amide bonds. The van der Waals surface area contributed by atoms with E-state index in [1.807, 2.05) is 0 Å². The van der Waals surface area contributed by atoms with Gasteiger partial charge in [0, 0.05) is 77.0 Å². The van der Waals surface area contributed by atoms with E-state index in [9.17, 15) is 0 Å². The molecular formula is C104H68N4. The first kappa shape index (κ1) is 62.3. The summed E-state index contributed by atoms with van der Waals surface area (Å²) in [7, 11) is 0. The molecule has 0 aliphatic rings. The number of hydrogen-bond donors (Lipinski definition) is 0. The molecule has 18 aromatic carbocycles. The van der Waals surface area contributed by atoms with E-state index in [1.54, 1.807) is 0 Å². The first-order valence-corrected chi connectivity index (χ1v) is 37.2. The van der Waals surface area contributed by atoms with Gasteiger partial charge in [-0.3, -0.25) is 0 Å². The van der Waals surface area contributed by atoms with E-state index in [0.29, 0.717) is 0 Å². The minimum absolute atomic E-state index is 1.14. The molecule has 108 heavy (non-hydrogen) atoms. The van der Waals surface area contributed by atoms with E-state index in [4.69, 9.17) is 0 Å². The number of aromatic nitrogens is 4. The monoisotopic (exact) mass is 1370 g/mol. The maximum atomic E-state index is 2.47. The predicted molar refractivity (Wildman–Crippen MR) is 458 cm³/mol. The maximum absolute atomic E-state index is 2.47. The number of para-hydroxylation sites is 6. The Bertz CT molecular complexity index is 7230. The van der Waals surface area contributed by atoms with E-state index >= 15 is 0 Å². The standard InChI is InChI=1S/2C52H34N2/c1-3-14-35(15-4-1)40-30-41(36-16-5-2-6-17-36)33-43(32-40)53-49-24-11-10-21-46(49)48-34-39(27-29-51(48)53)44-22-13-23-47-45-20-9-12-25-50(45)54(52(44)47)42-28-26-37-18-7-8-19-38(37)31-42;1-2-13-35(14-3-1)37-17-10-18-38(31-37)40-19-11-20-42(33-40)54-50-26-9-6-21-45(50)47-24-12-23-44(52(47)54)41-28-30-51-48(34-41)46-22-7-8-25-49(46)53(51)43-29-27-36-15-4-5-16-39(36)32-43/h2*1-34H. The quantitative estimate of drug-likeness (QED) is 0.130. The van der Waals surface area contributed by atoms with Gasteiger partial charge in [-0.15, -0.1) is 0 Å². The highest BCUT2D eigenvalue weighted by atomic mass is 15.0. The zero-order valence-electron chi connectivity index (χ0n) is 59.0. The molecule has 0 saturated heterocycles. The van der Waals surface area contributed by atoms with Crippen LogP contribution in [-0.2, 0) is 0 Å². The fourth-order valence-corrected chi connectivity index (χ4v) is 17.2. The molecule has 504 valence electrons. The van der Waals surface area contributed by atoms with Crippen molar-refractivity contribution >= 4 is 109 Å². The van der Waals surface area contributed by atoms with Gasteiger partial charge in [-0.25, -0.2) is 0 Å². The summed E-state index contributed by atoms with van der Waals surface area (Å²) in [4.78, 5) is 0. The minimum Gasteiger partial charge on any atom is -0.309 e. The van der Waals surface area contributed by atoms with Crippen LogP contribution in [0.5, 0.6) is 0 Å². The second kappa shape index (κ2) is 25.8. The third-order valence-corrected chi connectivity index (χ3v) is 22.1. The molecule has 22 rings (SSSR count). The summed E-state index contributed by atoms with van der Waals surface area (Å²) >= 11 is 0. The van der Waals surface area contributed by atoms with Gasteiger partial charge in [-0.1, -0.05) is 303 Å². The lowest BCUT2D eigenvalue weighted by molar-refractivity contribution is 1.18. The van der Waals surface area contributed by atoms with Gasteiger partial charge < -0.3 is 18.3 Å². The van der Waals surface area contributed by atoms with Crippen molar-refractivity contribution in [3.8, 4) is 89.5 Å². The normalized spacial score (nSPS) is 11.7. The Labute approximate surface area is 625 Å². The molecule has 0 atom stereocenters. The van der Waals surface area contributed by atoms with Crippen LogP contribution < -0.4 is 0 Å². The third-order valence-electron chi connectivity index (χ3n) is 22.1. The Kier molecular flexibility index (Phi) is 14.9. The first-order chi connectivity index (χ1) is 53.6. The van der Waals surface area contributed by atoms with Gasteiger partial charge >= 0.3 is 0 Å². The summed E-state index contributed by atoms with van der Waals surface area (Å²) in [5.41, 5.74) is 28.7. The average molecular weight is 1370 g/mol. The first-order valence-electron chi connectivity index (χ1n) is 37.2. The van der Waals surface area contributed by atoms with Crippen molar-refractivity contribution in [3.05, 3.63) is 413 Å². The lowest BCUT2D eigenvalue weighted by Crippen LogP contribution is -1.96. The molecule has 4 nitrogen and oxygen atoms in total. The van der Waals surface area contributed by atoms with Gasteiger partial charge in [-0.2, -0.15) is 0 Å². The minimum atomic E-state index is 1.14. The molecule has 4 heterocycles. The fraction of sp³-hybridized carbons (Fsp3) is 0. The highest BCUT2D eigenvalue weighted by Crippen LogP contribution is 2.45. The molecule has 4 heteroatoms. The zero-order valence-corrected chi connectivity index (χ0v) is 59.0. The predicted octanol–water partition coefficient (Wildman–Crippen LogP) is 28.1. The molecule has 0 unspecified atom stereocenters. The van der Waals surface area contributed by atoms with Crippen LogP contribution in [0.25, 0.3) is 198 Å². The van der Waals surface area contributed by atoms with Gasteiger partial charge in [0.1, 0.15) is 0 Å². The summed E-state index contributed by atoms with van der Waals surface area (Å²) in [5.74, 6) is 0. The SMILES string of the molecule is c1ccc(-c2cc(-c3ccccc3)cc(-n3c4ccccc4c4cc(-c5cccc6c7ccccc7n(-c7ccc8ccccc8c7)c56)ccc43)c2)cc1.c1ccc(-c2cccc(-c3cccc(-n4c5ccccc5c5cccc(-c6ccc7c(c6)c6ccccc6n7-c6ccc7ccccc7c6)c54)c3)c2)cc1. The molecule has 0 aliphatic heterocycles. The van der Waals surface area contributed by atoms with Gasteiger partial charge in [-0.05, 0) is 186 Å². The van der Waals surface area contributed by atoms with Crippen LogP contribution in [0.1, 0.15) is 0 Å². The van der Waals surface area contributed by atoms with Crippen molar-refractivity contribution in [3.63, 3.8) is 0 Å². The van der Waals surface area contributed by atoms with E-state index in [0.717, 1.165) is 17.1 Å². The van der Waals surface area contributed by atoms with E-state index in [1.165, 1.54) is 181 Å². The van der Waals surface area contributed by atoms with Crippen molar-refractivity contribution < 1.29 is 0 Å². The fourth-order valence-electron chi connectivity index (χ4n) is 17.2. The molecule has 4 aromatic heterocycles. The van der Waals surface area contributed by atoms with Crippen molar-refractivity contribution in [2.75, 3.05) is 0 Å². The molecule has 0 spiro atoms. The van der Waals surface area contributed by atoms with E-state index < -0.39 is 0 Å². The molecular weight excluding hydrogens is 1310 g/mol. The van der Waals surface area contributed by atoms with Crippen LogP contribution >= 0.6 is 0 Å². The second-order valence-electron chi connectivity index (χ2n) is 28.3. The van der Waals surface area contributed by atoms with Crippen molar-refractivity contribution in [2.24, 2.45) is 0 Å². The van der Waals surface area contributed by atoms with Crippen LogP contribution in [0, 0.1) is 0 Å². The summed E-state index contributed by atoms with van der Waals surface area (Å²) in [6.45, 7) is 0. The Hall–Kier alpha value is -14.3. The molecule has 0 N–H and O–H groups in total. The number of nitrogens with zero attached hydrogens (tertiary/aromatic N) is 4. The van der Waals surface area contributed by atoms with Crippen molar-refractivity contribution in [2.45, 2.75) is 0 Å². The molecule has 0 bridgehead atoms. The largest absolute Gasteiger partial charge is 0.309 e. The highest BCUT2D eigenvalue weighted by molar-refractivity contribution is 6.18. The van der Waals surface area contributed by atoms with Crippen LogP contribution in [-0.4, -0.2) is 18.3 Å². The average Bonchev–Trinajstić information content (AvgIpc) is 1.58. The molecule has 0 fully saturated rings. The van der Waals surface area contributed by atoms with Crippen LogP contribution in [0.2, 0.25) is 0 Å². The Balaban J connectivity index is 0.000000138. The van der Waals surface area contributed by atoms with Gasteiger partial charge in [0.05, 0.1) is 44.1 Å². The molecule has 0 saturated carbocycles. The van der Waals surface area contributed by atoms with Crippen molar-refractivity contribution in [1.82, 2.24) is 18.3 Å². The van der Waals surface area contributed by atoms with E-state index in [-0.39, 0.29) is 0 Å². The van der Waals surface area contributed by atoms with Crippen LogP contribution in [0.3, 0.4) is 0 Å². The highest BCUT2D eigenvalue weighted by Gasteiger charge is 2.23. The number of fused-ring (bicyclic) bond motifs is 14. The lowest BCUT2D eigenvalue weighted by atomic mass is 9.98. The van der Waals surface area contributed by atoms with Crippen molar-refractivity contribution in [1.29, 1.82) is 0 Å². The topological polar surface area (TPSA) is 19.7 Å². The smallest absolute Gasteiger partial charge is 0.0619 e. The zero-order chi connectivity index (χ0) is 71.2. The molecule has 0 aliphatic carbocycles. The lowest BCUT2D eigenvalue weighted by Gasteiger charge is -2.15. The maximum Gasteiger partial charge on any atom is 0.0619 e. The third kappa shape index (κ3) is 10.5. The summed E-state index contributed by atoms with van der Waals surface area (Å²) in [5, 5.41) is 15.0. The van der Waals surface area contributed by atoms with Gasteiger partial charge in [0.15, 0.2) is 0 Å². The van der Waals surface area contributed by atoms with Gasteiger partial charge in [0.2, 0.25) is 0 Å². The summed E-state index contributed by atoms with van der Waals surface area (Å²) < 4.78 is 9.78. The Morgan fingerprint density at radius 1 is 0.130 bits per heavy atom. The summed E-state index contributed by atoms with van der Waals surface area (Å²) in [6.07, 6.45) is 0.